The van der Waals surface area contributed by atoms with Gasteiger partial charge in [-0.1, -0.05) is 54.6 Å². The minimum absolute atomic E-state index is 0.0476. The number of hydrogen-bond acceptors (Lipinski definition) is 3. The number of carbonyl (C=O) groups excluding carboxylic acids is 1. The van der Waals surface area contributed by atoms with Gasteiger partial charge < -0.3 is 15.0 Å². The summed E-state index contributed by atoms with van der Waals surface area (Å²) in [5, 5.41) is 3.23. The first-order valence-corrected chi connectivity index (χ1v) is 10.2. The molecule has 2 heterocycles. The Morgan fingerprint density at radius 2 is 1.52 bits per heavy atom. The molecule has 0 spiro atoms. The van der Waals surface area contributed by atoms with Crippen molar-refractivity contribution in [1.82, 2.24) is 5.32 Å². The van der Waals surface area contributed by atoms with E-state index in [0.29, 0.717) is 12.5 Å². The second-order valence-electron chi connectivity index (χ2n) is 7.79. The molecule has 0 saturated carbocycles. The maximum Gasteiger partial charge on any atom is 0.232 e. The van der Waals surface area contributed by atoms with E-state index in [4.69, 9.17) is 4.74 Å². The van der Waals surface area contributed by atoms with Crippen LogP contribution in [0.5, 0.6) is 11.5 Å². The van der Waals surface area contributed by atoms with Gasteiger partial charge in [-0.25, -0.2) is 0 Å². The second kappa shape index (κ2) is 7.63. The number of hydrogen-bond donors (Lipinski definition) is 1. The Kier molecular flexibility index (Phi) is 4.68. The molecule has 1 amide bonds. The Balaban J connectivity index is 1.30. The van der Waals surface area contributed by atoms with Gasteiger partial charge in [-0.2, -0.15) is 0 Å². The van der Waals surface area contributed by atoms with Gasteiger partial charge in [0.05, 0.1) is 5.92 Å². The van der Waals surface area contributed by atoms with Gasteiger partial charge >= 0.3 is 0 Å². The highest BCUT2D eigenvalue weighted by molar-refractivity contribution is 5.89. The van der Waals surface area contributed by atoms with E-state index in [0.717, 1.165) is 42.1 Å². The van der Waals surface area contributed by atoms with Crippen LogP contribution in [0.15, 0.2) is 78.9 Å². The fraction of sp³-hybridized carbons (Fsp3) is 0.240. The molecule has 0 aliphatic carbocycles. The Bertz CT molecular complexity index is 973. The standard InChI is InChI=1S/C25H24N2O2/c28-25(26-16-18-14-15-27(17-18)19-8-2-1-3-9-19)24-20-10-4-6-12-22(20)29-23-13-7-5-11-21(23)24/h1-13,18,24H,14-17H2,(H,26,28). The molecule has 0 radical (unpaired) electrons. The first kappa shape index (κ1) is 17.8. The summed E-state index contributed by atoms with van der Waals surface area (Å²) in [5.41, 5.74) is 3.12. The number of amides is 1. The lowest BCUT2D eigenvalue weighted by atomic mass is 9.87. The smallest absolute Gasteiger partial charge is 0.232 e. The van der Waals surface area contributed by atoms with Crippen molar-refractivity contribution in [2.45, 2.75) is 12.3 Å². The topological polar surface area (TPSA) is 41.6 Å². The van der Waals surface area contributed by atoms with E-state index in [9.17, 15) is 4.79 Å². The summed E-state index contributed by atoms with van der Waals surface area (Å²) in [6.45, 7) is 2.71. The minimum atomic E-state index is -0.331. The Morgan fingerprint density at radius 3 is 2.21 bits per heavy atom. The number of ether oxygens (including phenoxy) is 1. The summed E-state index contributed by atoms with van der Waals surface area (Å²) in [5.74, 6) is 1.71. The number of rotatable bonds is 4. The number of carbonyl (C=O) groups is 1. The van der Waals surface area contributed by atoms with Crippen molar-refractivity contribution in [2.75, 3.05) is 24.5 Å². The number of para-hydroxylation sites is 3. The van der Waals surface area contributed by atoms with Gasteiger partial charge in [0, 0.05) is 36.4 Å². The molecule has 1 fully saturated rings. The van der Waals surface area contributed by atoms with Crippen LogP contribution in [0.1, 0.15) is 23.5 Å². The van der Waals surface area contributed by atoms with Crippen LogP contribution >= 0.6 is 0 Å². The lowest BCUT2D eigenvalue weighted by molar-refractivity contribution is -0.122. The molecular formula is C25H24N2O2. The lowest BCUT2D eigenvalue weighted by Gasteiger charge is -2.27. The van der Waals surface area contributed by atoms with Crippen LogP contribution in [0.4, 0.5) is 5.69 Å². The highest BCUT2D eigenvalue weighted by Gasteiger charge is 2.33. The number of nitrogens with zero attached hydrogens (tertiary/aromatic N) is 1. The van der Waals surface area contributed by atoms with E-state index >= 15 is 0 Å². The van der Waals surface area contributed by atoms with Crippen LogP contribution in [-0.4, -0.2) is 25.5 Å². The van der Waals surface area contributed by atoms with Crippen LogP contribution in [0.2, 0.25) is 0 Å². The third-order valence-electron chi connectivity index (χ3n) is 5.91. The maximum atomic E-state index is 13.3. The average molecular weight is 384 g/mol. The molecule has 4 nitrogen and oxygen atoms in total. The van der Waals surface area contributed by atoms with E-state index in [1.54, 1.807) is 0 Å². The summed E-state index contributed by atoms with van der Waals surface area (Å²) in [6, 6.07) is 26.1. The monoisotopic (exact) mass is 384 g/mol. The molecule has 146 valence electrons. The maximum absolute atomic E-state index is 13.3. The second-order valence-corrected chi connectivity index (χ2v) is 7.79. The molecule has 1 N–H and O–H groups in total. The molecule has 5 rings (SSSR count). The quantitative estimate of drug-likeness (QED) is 0.717. The van der Waals surface area contributed by atoms with Crippen LogP contribution < -0.4 is 15.0 Å². The van der Waals surface area contributed by atoms with Crippen LogP contribution in [-0.2, 0) is 4.79 Å². The summed E-state index contributed by atoms with van der Waals surface area (Å²) in [6.07, 6.45) is 1.09. The van der Waals surface area contributed by atoms with E-state index in [2.05, 4.69) is 34.5 Å². The average Bonchev–Trinajstić information content (AvgIpc) is 3.25. The van der Waals surface area contributed by atoms with Crippen molar-refractivity contribution in [2.24, 2.45) is 5.92 Å². The van der Waals surface area contributed by atoms with Crippen LogP contribution in [0.25, 0.3) is 0 Å². The summed E-state index contributed by atoms with van der Waals surface area (Å²) in [7, 11) is 0. The Hall–Kier alpha value is -3.27. The molecule has 0 aromatic heterocycles. The van der Waals surface area contributed by atoms with Gasteiger partial charge in [-0.05, 0) is 36.6 Å². The van der Waals surface area contributed by atoms with E-state index < -0.39 is 0 Å². The zero-order valence-electron chi connectivity index (χ0n) is 16.3. The molecule has 1 atom stereocenters. The van der Waals surface area contributed by atoms with E-state index in [1.807, 2.05) is 54.6 Å². The third-order valence-corrected chi connectivity index (χ3v) is 5.91. The molecule has 0 bridgehead atoms. The van der Waals surface area contributed by atoms with E-state index in [1.165, 1.54) is 5.69 Å². The molecule has 3 aromatic carbocycles. The largest absolute Gasteiger partial charge is 0.457 e. The number of fused-ring (bicyclic) bond motifs is 2. The van der Waals surface area contributed by atoms with Gasteiger partial charge in [0.15, 0.2) is 0 Å². The third kappa shape index (κ3) is 3.46. The van der Waals surface area contributed by atoms with Crippen LogP contribution in [0.3, 0.4) is 0 Å². The molecule has 2 aliphatic heterocycles. The zero-order valence-corrected chi connectivity index (χ0v) is 16.3. The zero-order chi connectivity index (χ0) is 19.6. The van der Waals surface area contributed by atoms with Gasteiger partial charge in [0.25, 0.3) is 0 Å². The SMILES string of the molecule is O=C(NCC1CCN(c2ccccc2)C1)C1c2ccccc2Oc2ccccc21. The normalized spacial score (nSPS) is 17.9. The lowest BCUT2D eigenvalue weighted by Crippen LogP contribution is -2.35. The van der Waals surface area contributed by atoms with Gasteiger partial charge in [-0.3, -0.25) is 4.79 Å². The fourth-order valence-electron chi connectivity index (χ4n) is 4.41. The molecule has 2 aliphatic rings. The van der Waals surface area contributed by atoms with Gasteiger partial charge in [-0.15, -0.1) is 0 Å². The highest BCUT2D eigenvalue weighted by atomic mass is 16.5. The summed E-state index contributed by atoms with van der Waals surface area (Å²) < 4.78 is 6.01. The molecule has 1 unspecified atom stereocenters. The molecule has 1 saturated heterocycles. The fourth-order valence-corrected chi connectivity index (χ4v) is 4.41. The first-order valence-electron chi connectivity index (χ1n) is 10.2. The summed E-state index contributed by atoms with van der Waals surface area (Å²) in [4.78, 5) is 15.7. The van der Waals surface area contributed by atoms with Crippen molar-refractivity contribution in [3.63, 3.8) is 0 Å². The van der Waals surface area contributed by atoms with Crippen molar-refractivity contribution in [3.8, 4) is 11.5 Å². The van der Waals surface area contributed by atoms with Gasteiger partial charge in [0.1, 0.15) is 11.5 Å². The molecular weight excluding hydrogens is 360 g/mol. The minimum Gasteiger partial charge on any atom is -0.457 e. The molecule has 4 heteroatoms. The molecule has 29 heavy (non-hydrogen) atoms. The number of nitrogens with one attached hydrogen (secondary N) is 1. The van der Waals surface area contributed by atoms with Gasteiger partial charge in [0.2, 0.25) is 5.91 Å². The Labute approximate surface area is 171 Å². The van der Waals surface area contributed by atoms with Crippen LogP contribution in [0, 0.1) is 5.92 Å². The predicted molar refractivity (Wildman–Crippen MR) is 115 cm³/mol. The number of benzene rings is 3. The van der Waals surface area contributed by atoms with E-state index in [-0.39, 0.29) is 11.8 Å². The predicted octanol–water partition coefficient (Wildman–Crippen LogP) is 4.57. The molecule has 3 aromatic rings. The van der Waals surface area contributed by atoms with Crippen molar-refractivity contribution in [3.05, 3.63) is 90.0 Å². The van der Waals surface area contributed by atoms with Crippen molar-refractivity contribution < 1.29 is 9.53 Å². The Morgan fingerprint density at radius 1 is 0.897 bits per heavy atom. The summed E-state index contributed by atoms with van der Waals surface area (Å²) >= 11 is 0. The van der Waals surface area contributed by atoms with Crippen molar-refractivity contribution >= 4 is 11.6 Å². The van der Waals surface area contributed by atoms with Crippen molar-refractivity contribution in [1.29, 1.82) is 0 Å². The highest BCUT2D eigenvalue weighted by Crippen LogP contribution is 2.43. The number of anilines is 1. The first-order chi connectivity index (χ1) is 14.3.